The number of benzene rings is 1. The molecule has 0 bridgehead atoms. The van der Waals surface area contributed by atoms with Crippen molar-refractivity contribution in [3.63, 3.8) is 0 Å². The first kappa shape index (κ1) is 19.1. The third-order valence-electron chi connectivity index (χ3n) is 5.51. The van der Waals surface area contributed by atoms with E-state index in [1.165, 1.54) is 17.7 Å². The third kappa shape index (κ3) is 4.33. The largest absolute Gasteiger partial charge is 0.462 e. The third-order valence-corrected chi connectivity index (χ3v) is 5.51. The van der Waals surface area contributed by atoms with E-state index in [9.17, 15) is 19.4 Å². The van der Waals surface area contributed by atoms with Crippen molar-refractivity contribution in [3.05, 3.63) is 41.2 Å². The van der Waals surface area contributed by atoms with Crippen LogP contribution in [0.15, 0.2) is 29.8 Å². The second kappa shape index (κ2) is 7.49. The Hall–Kier alpha value is -1.72. The summed E-state index contributed by atoms with van der Waals surface area (Å²) in [6, 6.07) is 6.38. The lowest BCUT2D eigenvalue weighted by atomic mass is 9.68. The van der Waals surface area contributed by atoms with Gasteiger partial charge in [-0.2, -0.15) is 0 Å². The average Bonchev–Trinajstić information content (AvgIpc) is 2.52. The minimum atomic E-state index is -0.631. The highest BCUT2D eigenvalue weighted by atomic mass is 19.1. The lowest BCUT2D eigenvalue weighted by Gasteiger charge is -2.39. The van der Waals surface area contributed by atoms with Crippen LogP contribution in [0, 0.1) is 11.2 Å². The molecule has 0 radical (unpaired) electrons. The number of ether oxygens (including phenoxy) is 1. The van der Waals surface area contributed by atoms with Gasteiger partial charge in [0.05, 0.1) is 18.6 Å². The van der Waals surface area contributed by atoms with Crippen LogP contribution in [-0.4, -0.2) is 34.5 Å². The molecule has 3 unspecified atom stereocenters. The van der Waals surface area contributed by atoms with Crippen LogP contribution in [0.3, 0.4) is 0 Å². The quantitative estimate of drug-likeness (QED) is 0.803. The molecule has 0 saturated carbocycles. The minimum Gasteiger partial charge on any atom is -0.462 e. The Labute approximate surface area is 153 Å². The number of allylic oxidation sites excluding steroid dienone is 1. The van der Waals surface area contributed by atoms with Crippen molar-refractivity contribution in [2.75, 3.05) is 0 Å². The van der Waals surface area contributed by atoms with Gasteiger partial charge in [0, 0.05) is 6.42 Å². The van der Waals surface area contributed by atoms with Crippen LogP contribution in [0.4, 0.5) is 4.39 Å². The van der Waals surface area contributed by atoms with Crippen LogP contribution in [-0.2, 0) is 9.53 Å². The lowest BCUT2D eigenvalue weighted by molar-refractivity contribution is -0.160. The van der Waals surface area contributed by atoms with Crippen LogP contribution in [0.1, 0.15) is 57.9 Å². The standard InChI is InChI=1S/C21H27FO4/c1-21(2)12-16(24)10-18(13-3-5-14(22)6-4-13)19(21)8-7-17-9-15(23)11-20(25)26-17/h3-6,15-17,23-24H,7-12H2,1-2H3. The maximum Gasteiger partial charge on any atom is 0.308 e. The molecule has 1 aromatic rings. The number of halogens is 1. The monoisotopic (exact) mass is 362 g/mol. The highest BCUT2D eigenvalue weighted by Gasteiger charge is 2.35. The van der Waals surface area contributed by atoms with Crippen LogP contribution in [0.5, 0.6) is 0 Å². The molecule has 26 heavy (non-hydrogen) atoms. The van der Waals surface area contributed by atoms with Gasteiger partial charge in [0.25, 0.3) is 0 Å². The molecule has 1 saturated heterocycles. The van der Waals surface area contributed by atoms with Crippen molar-refractivity contribution >= 4 is 11.5 Å². The number of carbonyl (C=O) groups excluding carboxylic acids is 1. The Morgan fingerprint density at radius 2 is 1.85 bits per heavy atom. The molecule has 4 nitrogen and oxygen atoms in total. The van der Waals surface area contributed by atoms with E-state index >= 15 is 0 Å². The minimum absolute atomic E-state index is 0.0672. The predicted octanol–water partition coefficient (Wildman–Crippen LogP) is 3.61. The number of esters is 1. The molecule has 3 atom stereocenters. The maximum absolute atomic E-state index is 13.3. The zero-order valence-electron chi connectivity index (χ0n) is 15.4. The van der Waals surface area contributed by atoms with Gasteiger partial charge in [-0.3, -0.25) is 4.79 Å². The van der Waals surface area contributed by atoms with Crippen molar-refractivity contribution in [2.24, 2.45) is 5.41 Å². The molecule has 142 valence electrons. The van der Waals surface area contributed by atoms with Gasteiger partial charge in [0.2, 0.25) is 0 Å². The van der Waals surface area contributed by atoms with Crippen LogP contribution >= 0.6 is 0 Å². The van der Waals surface area contributed by atoms with Crippen LogP contribution < -0.4 is 0 Å². The Morgan fingerprint density at radius 3 is 2.50 bits per heavy atom. The number of hydrogen-bond acceptors (Lipinski definition) is 4. The summed E-state index contributed by atoms with van der Waals surface area (Å²) >= 11 is 0. The van der Waals surface area contributed by atoms with E-state index in [1.54, 1.807) is 12.1 Å². The van der Waals surface area contributed by atoms with Crippen molar-refractivity contribution in [1.29, 1.82) is 0 Å². The fraction of sp³-hybridized carbons (Fsp3) is 0.571. The van der Waals surface area contributed by atoms with Crippen molar-refractivity contribution in [1.82, 2.24) is 0 Å². The summed E-state index contributed by atoms with van der Waals surface area (Å²) in [5.41, 5.74) is 2.99. The maximum atomic E-state index is 13.3. The smallest absolute Gasteiger partial charge is 0.308 e. The number of aliphatic hydroxyl groups is 2. The Morgan fingerprint density at radius 1 is 1.15 bits per heavy atom. The Balaban J connectivity index is 1.86. The normalized spacial score (nSPS) is 28.8. The molecule has 1 aromatic carbocycles. The first-order valence-electron chi connectivity index (χ1n) is 9.28. The molecule has 0 spiro atoms. The molecule has 2 aliphatic rings. The lowest BCUT2D eigenvalue weighted by Crippen LogP contribution is -2.34. The summed E-state index contributed by atoms with van der Waals surface area (Å²) in [5.74, 6) is -0.630. The molecule has 0 aromatic heterocycles. The molecule has 3 rings (SSSR count). The van der Waals surface area contributed by atoms with Crippen LogP contribution in [0.2, 0.25) is 0 Å². The molecule has 1 fully saturated rings. The summed E-state index contributed by atoms with van der Waals surface area (Å²) in [7, 11) is 0. The van der Waals surface area contributed by atoms with Gasteiger partial charge in [-0.1, -0.05) is 31.6 Å². The van der Waals surface area contributed by atoms with Gasteiger partial charge in [0.15, 0.2) is 0 Å². The highest BCUT2D eigenvalue weighted by Crippen LogP contribution is 2.46. The van der Waals surface area contributed by atoms with Crippen LogP contribution in [0.25, 0.3) is 5.57 Å². The number of aliphatic hydroxyl groups excluding tert-OH is 2. The topological polar surface area (TPSA) is 66.8 Å². The van der Waals surface area contributed by atoms with E-state index in [4.69, 9.17) is 4.74 Å². The summed E-state index contributed by atoms with van der Waals surface area (Å²) < 4.78 is 18.7. The molecule has 1 heterocycles. The number of hydrogen-bond donors (Lipinski definition) is 2. The Kier molecular flexibility index (Phi) is 5.49. The summed E-state index contributed by atoms with van der Waals surface area (Å²) in [6.45, 7) is 4.21. The number of cyclic esters (lactones) is 1. The van der Waals surface area contributed by atoms with E-state index in [0.717, 1.165) is 17.6 Å². The molecule has 2 N–H and O–H groups in total. The van der Waals surface area contributed by atoms with Crippen molar-refractivity contribution in [3.8, 4) is 0 Å². The van der Waals surface area contributed by atoms with E-state index in [-0.39, 0.29) is 29.7 Å². The van der Waals surface area contributed by atoms with E-state index in [2.05, 4.69) is 13.8 Å². The summed E-state index contributed by atoms with van der Waals surface area (Å²) in [6.07, 6.45) is 1.76. The molecule has 0 amide bonds. The van der Waals surface area contributed by atoms with Gasteiger partial charge in [-0.05, 0) is 54.4 Å². The number of rotatable bonds is 4. The van der Waals surface area contributed by atoms with E-state index < -0.39 is 12.2 Å². The predicted molar refractivity (Wildman–Crippen MR) is 96.7 cm³/mol. The van der Waals surface area contributed by atoms with E-state index in [0.29, 0.717) is 25.7 Å². The highest BCUT2D eigenvalue weighted by molar-refractivity contribution is 5.72. The first-order chi connectivity index (χ1) is 12.2. The van der Waals surface area contributed by atoms with Crippen molar-refractivity contribution < 1.29 is 24.1 Å². The SMILES string of the molecule is CC1(C)CC(O)CC(c2ccc(F)cc2)=C1CCC1CC(O)CC(=O)O1. The van der Waals surface area contributed by atoms with Gasteiger partial charge in [-0.15, -0.1) is 0 Å². The second-order valence-electron chi connectivity index (χ2n) is 8.15. The van der Waals surface area contributed by atoms with Gasteiger partial charge < -0.3 is 14.9 Å². The fourth-order valence-corrected chi connectivity index (χ4v) is 4.33. The number of carbonyl (C=O) groups is 1. The van der Waals surface area contributed by atoms with E-state index in [1.807, 2.05) is 0 Å². The van der Waals surface area contributed by atoms with Crippen molar-refractivity contribution in [2.45, 2.75) is 70.7 Å². The second-order valence-corrected chi connectivity index (χ2v) is 8.15. The van der Waals surface area contributed by atoms with Gasteiger partial charge in [-0.25, -0.2) is 4.39 Å². The summed E-state index contributed by atoms with van der Waals surface area (Å²) in [5, 5.41) is 20.1. The van der Waals surface area contributed by atoms with Gasteiger partial charge >= 0.3 is 5.97 Å². The molecule has 1 aliphatic carbocycles. The molecule has 1 aliphatic heterocycles. The molecular formula is C21H27FO4. The summed E-state index contributed by atoms with van der Waals surface area (Å²) in [4.78, 5) is 11.6. The molecule has 5 heteroatoms. The zero-order valence-corrected chi connectivity index (χ0v) is 15.4. The zero-order chi connectivity index (χ0) is 18.9. The van der Waals surface area contributed by atoms with Gasteiger partial charge in [0.1, 0.15) is 11.9 Å². The average molecular weight is 362 g/mol. The Bertz CT molecular complexity index is 692. The molecular weight excluding hydrogens is 335 g/mol. The fourth-order valence-electron chi connectivity index (χ4n) is 4.33. The first-order valence-corrected chi connectivity index (χ1v) is 9.28.